The fourth-order valence-corrected chi connectivity index (χ4v) is 1.43. The van der Waals surface area contributed by atoms with E-state index in [0.717, 1.165) is 5.69 Å². The SMILES string of the molecule is CC(N)c1cc(F)ccc1-n1cncn1. The van der Waals surface area contributed by atoms with Crippen LogP contribution in [0.1, 0.15) is 18.5 Å². The Hall–Kier alpha value is -1.75. The van der Waals surface area contributed by atoms with Gasteiger partial charge in [-0.05, 0) is 30.7 Å². The summed E-state index contributed by atoms with van der Waals surface area (Å²) in [5, 5.41) is 3.99. The summed E-state index contributed by atoms with van der Waals surface area (Å²) in [6.07, 6.45) is 2.98. The summed E-state index contributed by atoms with van der Waals surface area (Å²) in [6, 6.07) is 4.19. The number of hydrogen-bond donors (Lipinski definition) is 1. The van der Waals surface area contributed by atoms with E-state index in [1.807, 2.05) is 0 Å². The predicted molar refractivity (Wildman–Crippen MR) is 53.9 cm³/mol. The maximum Gasteiger partial charge on any atom is 0.138 e. The lowest BCUT2D eigenvalue weighted by atomic mass is 10.1. The number of aromatic nitrogens is 3. The molecule has 2 aromatic rings. The van der Waals surface area contributed by atoms with Crippen molar-refractivity contribution >= 4 is 0 Å². The monoisotopic (exact) mass is 206 g/mol. The Labute approximate surface area is 86.6 Å². The topological polar surface area (TPSA) is 56.7 Å². The van der Waals surface area contributed by atoms with Gasteiger partial charge in [0.2, 0.25) is 0 Å². The minimum Gasteiger partial charge on any atom is -0.324 e. The van der Waals surface area contributed by atoms with Gasteiger partial charge in [0, 0.05) is 6.04 Å². The van der Waals surface area contributed by atoms with Crippen molar-refractivity contribution in [1.29, 1.82) is 0 Å². The molecule has 0 fully saturated rings. The zero-order valence-corrected chi connectivity index (χ0v) is 8.26. The first kappa shape index (κ1) is 9.79. The Morgan fingerprint density at radius 2 is 2.27 bits per heavy atom. The zero-order valence-electron chi connectivity index (χ0n) is 8.26. The third-order valence-corrected chi connectivity index (χ3v) is 2.15. The molecule has 1 unspecified atom stereocenters. The van der Waals surface area contributed by atoms with Gasteiger partial charge in [-0.1, -0.05) is 0 Å². The summed E-state index contributed by atoms with van der Waals surface area (Å²) in [4.78, 5) is 3.84. The predicted octanol–water partition coefficient (Wildman–Crippen LogP) is 1.43. The molecule has 0 radical (unpaired) electrons. The van der Waals surface area contributed by atoms with Crippen LogP contribution in [0.3, 0.4) is 0 Å². The second-order valence-electron chi connectivity index (χ2n) is 3.33. The van der Waals surface area contributed by atoms with Crippen molar-refractivity contribution in [2.24, 2.45) is 5.73 Å². The van der Waals surface area contributed by atoms with Crippen molar-refractivity contribution in [3.63, 3.8) is 0 Å². The minimum absolute atomic E-state index is 0.250. The van der Waals surface area contributed by atoms with Gasteiger partial charge in [-0.25, -0.2) is 14.1 Å². The van der Waals surface area contributed by atoms with E-state index < -0.39 is 0 Å². The van der Waals surface area contributed by atoms with Crippen LogP contribution in [0.15, 0.2) is 30.9 Å². The molecule has 2 rings (SSSR count). The number of nitrogens with two attached hydrogens (primary N) is 1. The number of halogens is 1. The van der Waals surface area contributed by atoms with E-state index in [9.17, 15) is 4.39 Å². The van der Waals surface area contributed by atoms with E-state index in [1.165, 1.54) is 18.5 Å². The summed E-state index contributed by atoms with van der Waals surface area (Å²) < 4.78 is 14.6. The molecular weight excluding hydrogens is 195 g/mol. The molecule has 0 bridgehead atoms. The van der Waals surface area contributed by atoms with E-state index in [2.05, 4.69) is 10.1 Å². The molecule has 1 aromatic heterocycles. The van der Waals surface area contributed by atoms with Crippen molar-refractivity contribution in [1.82, 2.24) is 14.8 Å². The van der Waals surface area contributed by atoms with Gasteiger partial charge in [0.05, 0.1) is 5.69 Å². The lowest BCUT2D eigenvalue weighted by Gasteiger charge is -2.12. The molecule has 2 N–H and O–H groups in total. The van der Waals surface area contributed by atoms with Crippen LogP contribution in [0.4, 0.5) is 4.39 Å². The van der Waals surface area contributed by atoms with E-state index >= 15 is 0 Å². The first-order chi connectivity index (χ1) is 7.18. The van der Waals surface area contributed by atoms with E-state index in [1.54, 1.807) is 24.0 Å². The second-order valence-corrected chi connectivity index (χ2v) is 3.33. The molecule has 0 amide bonds. The van der Waals surface area contributed by atoms with Crippen molar-refractivity contribution < 1.29 is 4.39 Å². The van der Waals surface area contributed by atoms with Crippen LogP contribution in [0.2, 0.25) is 0 Å². The molecule has 0 saturated heterocycles. The van der Waals surface area contributed by atoms with E-state index in [-0.39, 0.29) is 11.9 Å². The number of hydrogen-bond acceptors (Lipinski definition) is 3. The van der Waals surface area contributed by atoms with Crippen LogP contribution in [-0.2, 0) is 0 Å². The molecule has 5 heteroatoms. The van der Waals surface area contributed by atoms with Crippen LogP contribution >= 0.6 is 0 Å². The van der Waals surface area contributed by atoms with Gasteiger partial charge < -0.3 is 5.73 Å². The molecule has 0 aliphatic rings. The van der Waals surface area contributed by atoms with Crippen LogP contribution < -0.4 is 5.73 Å². The van der Waals surface area contributed by atoms with Gasteiger partial charge in [0.1, 0.15) is 18.5 Å². The van der Waals surface area contributed by atoms with Gasteiger partial charge in [-0.15, -0.1) is 0 Å². The summed E-state index contributed by atoms with van der Waals surface area (Å²) in [7, 11) is 0. The average molecular weight is 206 g/mol. The maximum atomic E-state index is 13.0. The highest BCUT2D eigenvalue weighted by Crippen LogP contribution is 2.20. The Balaban J connectivity index is 2.56. The summed E-state index contributed by atoms with van der Waals surface area (Å²) in [5.74, 6) is -0.300. The largest absolute Gasteiger partial charge is 0.324 e. The Morgan fingerprint density at radius 1 is 1.47 bits per heavy atom. The van der Waals surface area contributed by atoms with Gasteiger partial charge in [-0.3, -0.25) is 0 Å². The zero-order chi connectivity index (χ0) is 10.8. The first-order valence-electron chi connectivity index (χ1n) is 4.58. The summed E-state index contributed by atoms with van der Waals surface area (Å²) >= 11 is 0. The van der Waals surface area contributed by atoms with Crippen LogP contribution in [0.25, 0.3) is 5.69 Å². The molecule has 1 atom stereocenters. The van der Waals surface area contributed by atoms with E-state index in [0.29, 0.717) is 5.56 Å². The normalized spacial score (nSPS) is 12.7. The van der Waals surface area contributed by atoms with Crippen molar-refractivity contribution in [2.45, 2.75) is 13.0 Å². The van der Waals surface area contributed by atoms with Crippen LogP contribution in [0.5, 0.6) is 0 Å². The lowest BCUT2D eigenvalue weighted by Crippen LogP contribution is -2.10. The maximum absolute atomic E-state index is 13.0. The number of rotatable bonds is 2. The first-order valence-corrected chi connectivity index (χ1v) is 4.58. The van der Waals surface area contributed by atoms with E-state index in [4.69, 9.17) is 5.73 Å². The van der Waals surface area contributed by atoms with Crippen LogP contribution in [-0.4, -0.2) is 14.8 Å². The molecule has 4 nitrogen and oxygen atoms in total. The van der Waals surface area contributed by atoms with Gasteiger partial charge in [0.25, 0.3) is 0 Å². The van der Waals surface area contributed by atoms with Crippen molar-refractivity contribution in [2.75, 3.05) is 0 Å². The van der Waals surface area contributed by atoms with Gasteiger partial charge >= 0.3 is 0 Å². The van der Waals surface area contributed by atoms with Crippen molar-refractivity contribution in [3.8, 4) is 5.69 Å². The molecule has 78 valence electrons. The molecular formula is C10H11FN4. The fraction of sp³-hybridized carbons (Fsp3) is 0.200. The molecule has 1 heterocycles. The highest BCUT2D eigenvalue weighted by atomic mass is 19.1. The third-order valence-electron chi connectivity index (χ3n) is 2.15. The fourth-order valence-electron chi connectivity index (χ4n) is 1.43. The Morgan fingerprint density at radius 3 is 2.87 bits per heavy atom. The quantitative estimate of drug-likeness (QED) is 0.808. The van der Waals surface area contributed by atoms with Crippen molar-refractivity contribution in [3.05, 3.63) is 42.2 Å². The average Bonchev–Trinajstić information content (AvgIpc) is 2.70. The number of benzene rings is 1. The minimum atomic E-state index is -0.300. The molecule has 1 aromatic carbocycles. The summed E-state index contributed by atoms with van der Waals surface area (Å²) in [5.41, 5.74) is 7.22. The molecule has 0 aliphatic carbocycles. The summed E-state index contributed by atoms with van der Waals surface area (Å²) in [6.45, 7) is 1.80. The Bertz CT molecular complexity index is 450. The highest BCUT2D eigenvalue weighted by molar-refractivity contribution is 5.41. The lowest BCUT2D eigenvalue weighted by molar-refractivity contribution is 0.620. The molecule has 0 saturated carbocycles. The third kappa shape index (κ3) is 1.87. The molecule has 15 heavy (non-hydrogen) atoms. The highest BCUT2D eigenvalue weighted by Gasteiger charge is 2.10. The Kier molecular flexibility index (Phi) is 2.47. The second kappa shape index (κ2) is 3.78. The van der Waals surface area contributed by atoms with Gasteiger partial charge in [-0.2, -0.15) is 5.10 Å². The van der Waals surface area contributed by atoms with Crippen LogP contribution in [0, 0.1) is 5.82 Å². The van der Waals surface area contributed by atoms with Gasteiger partial charge in [0.15, 0.2) is 0 Å². The smallest absolute Gasteiger partial charge is 0.138 e. The standard InChI is InChI=1S/C10H11FN4/c1-7(12)9-4-8(11)2-3-10(9)15-6-13-5-14-15/h2-7H,12H2,1H3. The molecule has 0 aliphatic heterocycles. The molecule has 0 spiro atoms. The number of nitrogens with zero attached hydrogens (tertiary/aromatic N) is 3.